The molecule has 0 aliphatic rings. The zero-order valence-electron chi connectivity index (χ0n) is 9.83. The first kappa shape index (κ1) is 13.9. The Bertz CT molecular complexity index is 557. The number of rotatable bonds is 3. The summed E-state index contributed by atoms with van der Waals surface area (Å²) in [5.74, 6) is 0. The third-order valence-electron chi connectivity index (χ3n) is 2.90. The minimum Gasteiger partial charge on any atom is -0.263 e. The lowest BCUT2D eigenvalue weighted by molar-refractivity contribution is 0.905. The monoisotopic (exact) mass is 343 g/mol. The van der Waals surface area contributed by atoms with Crippen LogP contribution in [0.5, 0.6) is 0 Å². The van der Waals surface area contributed by atoms with Gasteiger partial charge >= 0.3 is 0 Å². The minimum atomic E-state index is -0.0950. The molecule has 1 unspecified atom stereocenters. The van der Waals surface area contributed by atoms with Gasteiger partial charge in [-0.2, -0.15) is 0 Å². The van der Waals surface area contributed by atoms with E-state index in [1.165, 1.54) is 5.56 Å². The van der Waals surface area contributed by atoms with Gasteiger partial charge in [-0.25, -0.2) is 0 Å². The van der Waals surface area contributed by atoms with Gasteiger partial charge in [0.05, 0.1) is 10.4 Å². The molecule has 0 spiro atoms. The maximum atomic E-state index is 6.49. The Balaban J connectivity index is 2.25. The maximum Gasteiger partial charge on any atom is 0.0629 e. The normalized spacial score (nSPS) is 12.4. The van der Waals surface area contributed by atoms with Crippen LogP contribution in [0.4, 0.5) is 0 Å². The van der Waals surface area contributed by atoms with Crippen LogP contribution in [0, 0.1) is 6.92 Å². The quantitative estimate of drug-likeness (QED) is 0.686. The Morgan fingerprint density at radius 2 is 2.11 bits per heavy atom. The molecule has 1 nitrogen and oxygen atoms in total. The lowest BCUT2D eigenvalue weighted by Gasteiger charge is -2.14. The highest BCUT2D eigenvalue weighted by Crippen LogP contribution is 2.32. The predicted octanol–water partition coefficient (Wildman–Crippen LogP) is 5.33. The molecule has 0 N–H and O–H groups in total. The van der Waals surface area contributed by atoms with Crippen molar-refractivity contribution in [2.75, 3.05) is 0 Å². The van der Waals surface area contributed by atoms with Gasteiger partial charge in [0, 0.05) is 16.9 Å². The molecule has 4 heteroatoms. The number of alkyl halides is 1. The SMILES string of the molecule is Cc1c(Br)cccc1C(Cl)Cc1ccncc1Cl. The third-order valence-corrected chi connectivity index (χ3v) is 4.49. The number of hydrogen-bond donors (Lipinski definition) is 0. The van der Waals surface area contributed by atoms with Gasteiger partial charge < -0.3 is 0 Å². The van der Waals surface area contributed by atoms with E-state index in [1.54, 1.807) is 12.4 Å². The molecule has 1 heterocycles. The topological polar surface area (TPSA) is 12.9 Å². The number of benzene rings is 1. The highest BCUT2D eigenvalue weighted by atomic mass is 79.9. The molecule has 1 aromatic carbocycles. The molecule has 1 atom stereocenters. The van der Waals surface area contributed by atoms with E-state index in [0.717, 1.165) is 15.6 Å². The second kappa shape index (κ2) is 6.05. The molecule has 0 aliphatic carbocycles. The van der Waals surface area contributed by atoms with Crippen LogP contribution < -0.4 is 0 Å². The van der Waals surface area contributed by atoms with Gasteiger partial charge in [-0.3, -0.25) is 4.98 Å². The average molecular weight is 345 g/mol. The summed E-state index contributed by atoms with van der Waals surface area (Å²) in [6, 6.07) is 7.97. The first-order valence-electron chi connectivity index (χ1n) is 5.57. The molecule has 94 valence electrons. The molecule has 0 saturated heterocycles. The van der Waals surface area contributed by atoms with Crippen molar-refractivity contribution >= 4 is 39.1 Å². The van der Waals surface area contributed by atoms with Crippen LogP contribution in [0.15, 0.2) is 41.1 Å². The largest absolute Gasteiger partial charge is 0.263 e. The van der Waals surface area contributed by atoms with E-state index in [2.05, 4.69) is 27.8 Å². The summed E-state index contributed by atoms with van der Waals surface area (Å²) in [6.45, 7) is 2.06. The van der Waals surface area contributed by atoms with Gasteiger partial charge in [0.1, 0.15) is 0 Å². The van der Waals surface area contributed by atoms with E-state index < -0.39 is 0 Å². The fourth-order valence-corrected chi connectivity index (χ4v) is 2.82. The van der Waals surface area contributed by atoms with Gasteiger partial charge in [0.25, 0.3) is 0 Å². The Labute approximate surface area is 125 Å². The second-order valence-corrected chi connectivity index (χ2v) is 5.88. The van der Waals surface area contributed by atoms with Crippen LogP contribution in [-0.4, -0.2) is 4.98 Å². The summed E-state index contributed by atoms with van der Waals surface area (Å²) in [4.78, 5) is 3.97. The van der Waals surface area contributed by atoms with E-state index >= 15 is 0 Å². The molecule has 0 saturated carbocycles. The van der Waals surface area contributed by atoms with Crippen molar-refractivity contribution in [1.29, 1.82) is 0 Å². The van der Waals surface area contributed by atoms with E-state index in [0.29, 0.717) is 11.4 Å². The molecule has 18 heavy (non-hydrogen) atoms. The van der Waals surface area contributed by atoms with Crippen LogP contribution in [0.2, 0.25) is 5.02 Å². The Hall–Kier alpha value is -0.570. The van der Waals surface area contributed by atoms with Crippen molar-refractivity contribution in [2.45, 2.75) is 18.7 Å². The molecule has 0 fully saturated rings. The Morgan fingerprint density at radius 3 is 2.83 bits per heavy atom. The van der Waals surface area contributed by atoms with E-state index in [-0.39, 0.29) is 5.38 Å². The fraction of sp³-hybridized carbons (Fsp3) is 0.214. The second-order valence-electron chi connectivity index (χ2n) is 4.09. The lowest BCUT2D eigenvalue weighted by atomic mass is 10.0. The predicted molar refractivity (Wildman–Crippen MR) is 80.4 cm³/mol. The summed E-state index contributed by atoms with van der Waals surface area (Å²) in [6.07, 6.45) is 4.08. The van der Waals surface area contributed by atoms with Crippen LogP contribution in [0.1, 0.15) is 22.1 Å². The average Bonchev–Trinajstić information content (AvgIpc) is 2.35. The van der Waals surface area contributed by atoms with Gasteiger partial charge in [0.2, 0.25) is 0 Å². The maximum absolute atomic E-state index is 6.49. The van der Waals surface area contributed by atoms with E-state index in [9.17, 15) is 0 Å². The first-order valence-corrected chi connectivity index (χ1v) is 7.18. The van der Waals surface area contributed by atoms with E-state index in [1.807, 2.05) is 24.3 Å². The molecule has 1 aromatic heterocycles. The summed E-state index contributed by atoms with van der Waals surface area (Å²) in [7, 11) is 0. The number of nitrogens with zero attached hydrogens (tertiary/aromatic N) is 1. The molecule has 0 bridgehead atoms. The number of pyridine rings is 1. The lowest BCUT2D eigenvalue weighted by Crippen LogP contribution is -1.99. The standard InChI is InChI=1S/C14H12BrCl2N/c1-9-11(3-2-4-12(9)15)13(16)7-10-5-6-18-8-14(10)17/h2-6,8,13H,7H2,1H3. The highest BCUT2D eigenvalue weighted by Gasteiger charge is 2.14. The molecule has 0 amide bonds. The van der Waals surface area contributed by atoms with Gasteiger partial charge in [0.15, 0.2) is 0 Å². The zero-order chi connectivity index (χ0) is 13.1. The smallest absolute Gasteiger partial charge is 0.0629 e. The number of hydrogen-bond acceptors (Lipinski definition) is 1. The first-order chi connectivity index (χ1) is 8.59. The van der Waals surface area contributed by atoms with Gasteiger partial charge in [-0.05, 0) is 42.2 Å². The van der Waals surface area contributed by atoms with Gasteiger partial charge in [-0.15, -0.1) is 11.6 Å². The highest BCUT2D eigenvalue weighted by molar-refractivity contribution is 9.10. The van der Waals surface area contributed by atoms with E-state index in [4.69, 9.17) is 23.2 Å². The van der Waals surface area contributed by atoms with Crippen molar-refractivity contribution < 1.29 is 0 Å². The number of halogens is 3. The van der Waals surface area contributed by atoms with Crippen LogP contribution in [0.3, 0.4) is 0 Å². The zero-order valence-corrected chi connectivity index (χ0v) is 12.9. The van der Waals surface area contributed by atoms with Crippen LogP contribution in [0.25, 0.3) is 0 Å². The van der Waals surface area contributed by atoms with Crippen molar-refractivity contribution in [3.63, 3.8) is 0 Å². The minimum absolute atomic E-state index is 0.0950. The number of aromatic nitrogens is 1. The van der Waals surface area contributed by atoms with Crippen molar-refractivity contribution in [3.8, 4) is 0 Å². The van der Waals surface area contributed by atoms with Crippen LogP contribution in [-0.2, 0) is 6.42 Å². The molecule has 2 aromatic rings. The van der Waals surface area contributed by atoms with Crippen molar-refractivity contribution in [1.82, 2.24) is 4.98 Å². The molecule has 2 rings (SSSR count). The fourth-order valence-electron chi connectivity index (χ4n) is 1.84. The third kappa shape index (κ3) is 3.05. The van der Waals surface area contributed by atoms with Crippen molar-refractivity contribution in [2.24, 2.45) is 0 Å². The summed E-state index contributed by atoms with van der Waals surface area (Å²) in [5, 5.41) is 0.568. The summed E-state index contributed by atoms with van der Waals surface area (Å²) < 4.78 is 1.08. The molecular weight excluding hydrogens is 333 g/mol. The van der Waals surface area contributed by atoms with Crippen molar-refractivity contribution in [3.05, 3.63) is 62.8 Å². The van der Waals surface area contributed by atoms with Gasteiger partial charge in [-0.1, -0.05) is 39.7 Å². The molecular formula is C14H12BrCl2N. The summed E-state index contributed by atoms with van der Waals surface area (Å²) >= 11 is 16.1. The van der Waals surface area contributed by atoms with Crippen LogP contribution >= 0.6 is 39.1 Å². The summed E-state index contributed by atoms with van der Waals surface area (Å²) in [5.41, 5.74) is 3.31. The molecule has 0 aliphatic heterocycles. The Kier molecular flexibility index (Phi) is 4.66. The molecule has 0 radical (unpaired) electrons. The Morgan fingerprint density at radius 1 is 1.33 bits per heavy atom.